The number of hydrogen-bond donors (Lipinski definition) is 1. The molecule has 1 fully saturated rings. The van der Waals surface area contributed by atoms with E-state index in [-0.39, 0.29) is 11.9 Å². The number of carbonyl (C=O) groups excluding carboxylic acids is 1. The quantitative estimate of drug-likeness (QED) is 0.786. The molecule has 3 aromatic rings. The van der Waals surface area contributed by atoms with Gasteiger partial charge in [0, 0.05) is 45.1 Å². The zero-order chi connectivity index (χ0) is 16.5. The Morgan fingerprint density at radius 3 is 3.17 bits per heavy atom. The number of rotatable bonds is 3. The molecular weight excluding hydrogens is 326 g/mol. The minimum absolute atomic E-state index is 0.117. The first-order valence-electron chi connectivity index (χ1n) is 7.73. The van der Waals surface area contributed by atoms with Crippen molar-refractivity contribution in [2.24, 2.45) is 7.05 Å². The Balaban J connectivity index is 1.61. The standard InChI is InChI=1S/C16H17N5O2S/c1-20-6-5-18-15(20)12-10-17-4-7-21(12)16(22)11-9-13(23-19-11)14-3-2-8-24-14/h2-3,5-6,8-9,12,17H,4,7,10H2,1H3. The molecule has 0 bridgehead atoms. The molecular formula is C16H17N5O2S. The van der Waals surface area contributed by atoms with Crippen LogP contribution in [0.25, 0.3) is 10.6 Å². The van der Waals surface area contributed by atoms with Crippen molar-refractivity contribution in [2.45, 2.75) is 6.04 Å². The van der Waals surface area contributed by atoms with Crippen molar-refractivity contribution < 1.29 is 9.32 Å². The van der Waals surface area contributed by atoms with E-state index in [4.69, 9.17) is 4.52 Å². The Hall–Kier alpha value is -2.45. The fraction of sp³-hybridized carbons (Fsp3) is 0.312. The smallest absolute Gasteiger partial charge is 0.276 e. The summed E-state index contributed by atoms with van der Waals surface area (Å²) in [5, 5.41) is 9.27. The molecule has 1 unspecified atom stereocenters. The average Bonchev–Trinajstić information content (AvgIpc) is 3.35. The second-order valence-corrected chi connectivity index (χ2v) is 6.62. The first-order valence-corrected chi connectivity index (χ1v) is 8.61. The van der Waals surface area contributed by atoms with Crippen LogP contribution in [0.4, 0.5) is 0 Å². The number of nitrogens with one attached hydrogen (secondary N) is 1. The van der Waals surface area contributed by atoms with Crippen molar-refractivity contribution in [3.8, 4) is 10.6 Å². The largest absolute Gasteiger partial charge is 0.355 e. The van der Waals surface area contributed by atoms with Gasteiger partial charge in [-0.15, -0.1) is 11.3 Å². The van der Waals surface area contributed by atoms with E-state index >= 15 is 0 Å². The highest BCUT2D eigenvalue weighted by atomic mass is 32.1. The molecule has 7 nitrogen and oxygen atoms in total. The maximum atomic E-state index is 12.9. The number of hydrogen-bond acceptors (Lipinski definition) is 6. The topological polar surface area (TPSA) is 76.2 Å². The Labute approximate surface area is 142 Å². The van der Waals surface area contributed by atoms with Crippen molar-refractivity contribution in [1.82, 2.24) is 24.9 Å². The van der Waals surface area contributed by atoms with E-state index in [0.717, 1.165) is 17.2 Å². The number of imidazole rings is 1. The van der Waals surface area contributed by atoms with Gasteiger partial charge in [0.2, 0.25) is 0 Å². The third-order valence-corrected chi connectivity index (χ3v) is 5.04. The van der Waals surface area contributed by atoms with E-state index in [9.17, 15) is 4.79 Å². The lowest BCUT2D eigenvalue weighted by Gasteiger charge is -2.35. The molecule has 8 heteroatoms. The lowest BCUT2D eigenvalue weighted by molar-refractivity contribution is 0.0610. The van der Waals surface area contributed by atoms with Crippen LogP contribution < -0.4 is 5.32 Å². The van der Waals surface area contributed by atoms with Crippen LogP contribution in [-0.4, -0.2) is 45.1 Å². The van der Waals surface area contributed by atoms with E-state index in [0.29, 0.717) is 24.5 Å². The van der Waals surface area contributed by atoms with Crippen LogP contribution >= 0.6 is 11.3 Å². The third-order valence-electron chi connectivity index (χ3n) is 4.15. The molecule has 3 aromatic heterocycles. The predicted octanol–water partition coefficient (Wildman–Crippen LogP) is 1.92. The van der Waals surface area contributed by atoms with Crippen LogP contribution in [0.2, 0.25) is 0 Å². The summed E-state index contributed by atoms with van der Waals surface area (Å²) >= 11 is 1.56. The summed E-state index contributed by atoms with van der Waals surface area (Å²) < 4.78 is 7.29. The number of carbonyl (C=O) groups is 1. The van der Waals surface area contributed by atoms with Gasteiger partial charge >= 0.3 is 0 Å². The van der Waals surface area contributed by atoms with Crippen molar-refractivity contribution in [2.75, 3.05) is 19.6 Å². The molecule has 0 spiro atoms. The molecule has 1 amide bonds. The summed E-state index contributed by atoms with van der Waals surface area (Å²) in [6.07, 6.45) is 3.63. The molecule has 4 heterocycles. The highest BCUT2D eigenvalue weighted by Crippen LogP contribution is 2.27. The fourth-order valence-electron chi connectivity index (χ4n) is 2.93. The molecule has 1 aliphatic heterocycles. The normalized spacial score (nSPS) is 18.0. The molecule has 1 atom stereocenters. The number of piperazine rings is 1. The van der Waals surface area contributed by atoms with Crippen LogP contribution in [0.1, 0.15) is 22.4 Å². The van der Waals surface area contributed by atoms with Gasteiger partial charge in [-0.3, -0.25) is 4.79 Å². The van der Waals surface area contributed by atoms with Crippen LogP contribution in [0.15, 0.2) is 40.5 Å². The number of nitrogens with zero attached hydrogens (tertiary/aromatic N) is 4. The maximum absolute atomic E-state index is 12.9. The van der Waals surface area contributed by atoms with Gasteiger partial charge in [-0.25, -0.2) is 4.98 Å². The Bertz CT molecular complexity index is 838. The van der Waals surface area contributed by atoms with Gasteiger partial charge in [-0.1, -0.05) is 11.2 Å². The average molecular weight is 343 g/mol. The van der Waals surface area contributed by atoms with Crippen LogP contribution in [0.3, 0.4) is 0 Å². The van der Waals surface area contributed by atoms with Gasteiger partial charge in [-0.05, 0) is 11.4 Å². The summed E-state index contributed by atoms with van der Waals surface area (Å²) in [6, 6.07) is 5.48. The molecule has 1 saturated heterocycles. The molecule has 124 valence electrons. The van der Waals surface area contributed by atoms with Gasteiger partial charge < -0.3 is 19.3 Å². The molecule has 0 saturated carbocycles. The minimum atomic E-state index is -0.129. The number of amides is 1. The van der Waals surface area contributed by atoms with Gasteiger partial charge in [0.05, 0.1) is 4.88 Å². The van der Waals surface area contributed by atoms with E-state index in [1.54, 1.807) is 23.6 Å². The zero-order valence-corrected chi connectivity index (χ0v) is 14.0. The highest BCUT2D eigenvalue weighted by Gasteiger charge is 2.32. The second kappa shape index (κ2) is 6.21. The molecule has 4 rings (SSSR count). The third kappa shape index (κ3) is 2.63. The van der Waals surface area contributed by atoms with E-state index in [1.165, 1.54) is 0 Å². The van der Waals surface area contributed by atoms with Crippen molar-refractivity contribution >= 4 is 17.2 Å². The van der Waals surface area contributed by atoms with Crippen molar-refractivity contribution in [3.05, 3.63) is 47.5 Å². The second-order valence-electron chi connectivity index (χ2n) is 5.67. The van der Waals surface area contributed by atoms with E-state index in [2.05, 4.69) is 15.5 Å². The Morgan fingerprint density at radius 1 is 1.50 bits per heavy atom. The van der Waals surface area contributed by atoms with Gasteiger partial charge in [-0.2, -0.15) is 0 Å². The summed E-state index contributed by atoms with van der Waals surface area (Å²) in [5.41, 5.74) is 0.333. The minimum Gasteiger partial charge on any atom is -0.355 e. The highest BCUT2D eigenvalue weighted by molar-refractivity contribution is 7.13. The number of thiophene rings is 1. The molecule has 0 aromatic carbocycles. The van der Waals surface area contributed by atoms with Gasteiger partial charge in [0.15, 0.2) is 11.5 Å². The van der Waals surface area contributed by atoms with Crippen LogP contribution in [0.5, 0.6) is 0 Å². The lowest BCUT2D eigenvalue weighted by atomic mass is 10.1. The lowest BCUT2D eigenvalue weighted by Crippen LogP contribution is -2.49. The first-order chi connectivity index (χ1) is 11.7. The molecule has 0 aliphatic carbocycles. The number of aryl methyl sites for hydroxylation is 1. The Morgan fingerprint density at radius 2 is 2.42 bits per heavy atom. The summed E-state index contributed by atoms with van der Waals surface area (Å²) in [6.45, 7) is 2.03. The molecule has 24 heavy (non-hydrogen) atoms. The summed E-state index contributed by atoms with van der Waals surface area (Å²) in [4.78, 5) is 20.1. The maximum Gasteiger partial charge on any atom is 0.276 e. The number of aromatic nitrogens is 3. The molecule has 0 radical (unpaired) electrons. The first kappa shape index (κ1) is 15.1. The summed E-state index contributed by atoms with van der Waals surface area (Å²) in [5.74, 6) is 1.35. The monoisotopic (exact) mass is 343 g/mol. The van der Waals surface area contributed by atoms with E-state index in [1.807, 2.05) is 40.2 Å². The van der Waals surface area contributed by atoms with Gasteiger partial charge in [0.25, 0.3) is 5.91 Å². The van der Waals surface area contributed by atoms with Crippen LogP contribution in [0, 0.1) is 0 Å². The van der Waals surface area contributed by atoms with Crippen LogP contribution in [-0.2, 0) is 7.05 Å². The predicted molar refractivity (Wildman–Crippen MR) is 89.7 cm³/mol. The fourth-order valence-corrected chi connectivity index (χ4v) is 3.61. The van der Waals surface area contributed by atoms with Crippen molar-refractivity contribution in [3.63, 3.8) is 0 Å². The van der Waals surface area contributed by atoms with Crippen molar-refractivity contribution in [1.29, 1.82) is 0 Å². The molecule has 1 N–H and O–H groups in total. The SMILES string of the molecule is Cn1ccnc1C1CNCCN1C(=O)c1cc(-c2cccs2)on1. The van der Waals surface area contributed by atoms with E-state index < -0.39 is 0 Å². The zero-order valence-electron chi connectivity index (χ0n) is 13.2. The van der Waals surface area contributed by atoms with Gasteiger partial charge in [0.1, 0.15) is 11.9 Å². The summed E-state index contributed by atoms with van der Waals surface area (Å²) in [7, 11) is 1.94. The molecule has 1 aliphatic rings. The Kier molecular flexibility index (Phi) is 3.91.